The molecule has 2 nitrogen and oxygen atoms in total. The Balaban J connectivity index is 1.99. The molecule has 1 N–H and O–H groups in total. The van der Waals surface area contributed by atoms with E-state index in [0.717, 1.165) is 28.5 Å². The van der Waals surface area contributed by atoms with Crippen molar-refractivity contribution in [2.45, 2.75) is 13.5 Å². The minimum Gasteiger partial charge on any atom is -0.380 e. The summed E-state index contributed by atoms with van der Waals surface area (Å²) in [5.74, 6) is 0. The molecule has 0 amide bonds. The van der Waals surface area contributed by atoms with Crippen molar-refractivity contribution in [3.05, 3.63) is 58.9 Å². The highest BCUT2D eigenvalue weighted by molar-refractivity contribution is 6.30. The number of nitrogens with one attached hydrogen (secondary N) is 1. The summed E-state index contributed by atoms with van der Waals surface area (Å²) in [4.78, 5) is 4.22. The van der Waals surface area contributed by atoms with Crippen LogP contribution in [0.25, 0.3) is 0 Å². The molecule has 0 radical (unpaired) electrons. The van der Waals surface area contributed by atoms with Gasteiger partial charge in [0.2, 0.25) is 0 Å². The fraction of sp³-hybridized carbons (Fsp3) is 0.154. The third kappa shape index (κ3) is 2.97. The molecular formula is C13H13ClN2. The predicted molar refractivity (Wildman–Crippen MR) is 67.8 cm³/mol. The molecule has 0 saturated carbocycles. The van der Waals surface area contributed by atoms with Gasteiger partial charge < -0.3 is 5.32 Å². The fourth-order valence-electron chi connectivity index (χ4n) is 1.42. The predicted octanol–water partition coefficient (Wildman–Crippen LogP) is 3.66. The Morgan fingerprint density at radius 2 is 2.12 bits per heavy atom. The molecule has 3 heteroatoms. The zero-order valence-corrected chi connectivity index (χ0v) is 9.83. The topological polar surface area (TPSA) is 24.9 Å². The van der Waals surface area contributed by atoms with E-state index in [1.54, 1.807) is 0 Å². The summed E-state index contributed by atoms with van der Waals surface area (Å²) < 4.78 is 0. The van der Waals surface area contributed by atoms with Crippen LogP contribution in [0.5, 0.6) is 0 Å². The Kier molecular flexibility index (Phi) is 3.42. The number of halogens is 1. The molecule has 82 valence electrons. The van der Waals surface area contributed by atoms with Crippen LogP contribution < -0.4 is 5.32 Å². The van der Waals surface area contributed by atoms with E-state index >= 15 is 0 Å². The van der Waals surface area contributed by atoms with E-state index in [9.17, 15) is 0 Å². The number of pyridine rings is 1. The van der Waals surface area contributed by atoms with Crippen LogP contribution in [0.2, 0.25) is 5.02 Å². The second-order valence-corrected chi connectivity index (χ2v) is 4.11. The number of rotatable bonds is 3. The van der Waals surface area contributed by atoms with Gasteiger partial charge in [-0.25, -0.2) is 0 Å². The SMILES string of the molecule is Cc1ccc(NCc2cccc(Cl)c2)cn1. The third-order valence-corrected chi connectivity index (χ3v) is 2.53. The normalized spacial score (nSPS) is 10.1. The van der Waals surface area contributed by atoms with E-state index in [2.05, 4.69) is 10.3 Å². The lowest BCUT2D eigenvalue weighted by atomic mass is 10.2. The van der Waals surface area contributed by atoms with Crippen LogP contribution in [0.3, 0.4) is 0 Å². The van der Waals surface area contributed by atoms with Crippen LogP contribution in [0.4, 0.5) is 5.69 Å². The minimum absolute atomic E-state index is 0.755. The quantitative estimate of drug-likeness (QED) is 0.874. The smallest absolute Gasteiger partial charge is 0.0529 e. The molecule has 16 heavy (non-hydrogen) atoms. The average molecular weight is 233 g/mol. The fourth-order valence-corrected chi connectivity index (χ4v) is 1.64. The molecule has 0 atom stereocenters. The van der Waals surface area contributed by atoms with Crippen LogP contribution in [0.1, 0.15) is 11.3 Å². The molecule has 1 aromatic carbocycles. The van der Waals surface area contributed by atoms with Gasteiger partial charge in [0.05, 0.1) is 11.9 Å². The summed E-state index contributed by atoms with van der Waals surface area (Å²) in [7, 11) is 0. The van der Waals surface area contributed by atoms with Gasteiger partial charge in [-0.1, -0.05) is 23.7 Å². The molecule has 0 aliphatic heterocycles. The molecule has 0 spiro atoms. The molecule has 0 saturated heterocycles. The summed E-state index contributed by atoms with van der Waals surface area (Å²) in [6, 6.07) is 11.8. The van der Waals surface area contributed by atoms with Crippen molar-refractivity contribution in [3.8, 4) is 0 Å². The highest BCUT2D eigenvalue weighted by atomic mass is 35.5. The maximum Gasteiger partial charge on any atom is 0.0529 e. The maximum atomic E-state index is 5.91. The van der Waals surface area contributed by atoms with Crippen molar-refractivity contribution in [2.24, 2.45) is 0 Å². The first-order valence-corrected chi connectivity index (χ1v) is 5.53. The minimum atomic E-state index is 0.755. The molecular weight excluding hydrogens is 220 g/mol. The lowest BCUT2D eigenvalue weighted by molar-refractivity contribution is 1.12. The Hall–Kier alpha value is -1.54. The molecule has 0 aliphatic rings. The van der Waals surface area contributed by atoms with Gasteiger partial charge in [-0.3, -0.25) is 4.98 Å². The van der Waals surface area contributed by atoms with Gasteiger partial charge in [0, 0.05) is 17.3 Å². The van der Waals surface area contributed by atoms with E-state index in [4.69, 9.17) is 11.6 Å². The van der Waals surface area contributed by atoms with Crippen LogP contribution in [-0.2, 0) is 6.54 Å². The Morgan fingerprint density at radius 3 is 2.81 bits per heavy atom. The lowest BCUT2D eigenvalue weighted by Crippen LogP contribution is -1.99. The van der Waals surface area contributed by atoms with Gasteiger partial charge in [-0.2, -0.15) is 0 Å². The third-order valence-electron chi connectivity index (χ3n) is 2.30. The van der Waals surface area contributed by atoms with E-state index in [1.807, 2.05) is 49.5 Å². The Labute approximate surface area is 100 Å². The number of anilines is 1. The first-order valence-electron chi connectivity index (χ1n) is 5.15. The Morgan fingerprint density at radius 1 is 1.25 bits per heavy atom. The Bertz CT molecular complexity index is 466. The van der Waals surface area contributed by atoms with Crippen LogP contribution >= 0.6 is 11.6 Å². The number of aryl methyl sites for hydroxylation is 1. The number of hydrogen-bond acceptors (Lipinski definition) is 2. The molecule has 0 aliphatic carbocycles. The molecule has 1 heterocycles. The van der Waals surface area contributed by atoms with Crippen molar-refractivity contribution in [2.75, 3.05) is 5.32 Å². The van der Waals surface area contributed by atoms with Crippen molar-refractivity contribution >= 4 is 17.3 Å². The molecule has 0 bridgehead atoms. The first-order chi connectivity index (χ1) is 7.74. The number of benzene rings is 1. The van der Waals surface area contributed by atoms with Gasteiger partial charge in [0.1, 0.15) is 0 Å². The molecule has 2 rings (SSSR count). The van der Waals surface area contributed by atoms with E-state index < -0.39 is 0 Å². The van der Waals surface area contributed by atoms with Gasteiger partial charge >= 0.3 is 0 Å². The zero-order valence-electron chi connectivity index (χ0n) is 9.07. The molecule has 1 aromatic heterocycles. The summed E-state index contributed by atoms with van der Waals surface area (Å²) >= 11 is 5.91. The van der Waals surface area contributed by atoms with Gasteiger partial charge in [0.15, 0.2) is 0 Å². The largest absolute Gasteiger partial charge is 0.380 e. The van der Waals surface area contributed by atoms with Gasteiger partial charge in [0.25, 0.3) is 0 Å². The van der Waals surface area contributed by atoms with E-state index in [0.29, 0.717) is 0 Å². The zero-order chi connectivity index (χ0) is 11.4. The number of nitrogens with zero attached hydrogens (tertiary/aromatic N) is 1. The van der Waals surface area contributed by atoms with Crippen molar-refractivity contribution in [1.29, 1.82) is 0 Å². The van der Waals surface area contributed by atoms with Crippen LogP contribution in [0, 0.1) is 6.92 Å². The summed E-state index contributed by atoms with van der Waals surface area (Å²) in [5.41, 5.74) is 3.20. The summed E-state index contributed by atoms with van der Waals surface area (Å²) in [6.45, 7) is 2.73. The second-order valence-electron chi connectivity index (χ2n) is 3.67. The van der Waals surface area contributed by atoms with Gasteiger partial charge in [-0.15, -0.1) is 0 Å². The summed E-state index contributed by atoms with van der Waals surface area (Å²) in [5, 5.41) is 4.06. The monoisotopic (exact) mass is 232 g/mol. The molecule has 2 aromatic rings. The maximum absolute atomic E-state index is 5.91. The van der Waals surface area contributed by atoms with Crippen LogP contribution in [-0.4, -0.2) is 4.98 Å². The number of aromatic nitrogens is 1. The average Bonchev–Trinajstić information content (AvgIpc) is 2.28. The molecule has 0 unspecified atom stereocenters. The lowest BCUT2D eigenvalue weighted by Gasteiger charge is -2.06. The van der Waals surface area contributed by atoms with Crippen LogP contribution in [0.15, 0.2) is 42.6 Å². The second kappa shape index (κ2) is 4.99. The van der Waals surface area contributed by atoms with Crippen molar-refractivity contribution in [1.82, 2.24) is 4.98 Å². The van der Waals surface area contributed by atoms with Crippen molar-refractivity contribution < 1.29 is 0 Å². The van der Waals surface area contributed by atoms with Crippen molar-refractivity contribution in [3.63, 3.8) is 0 Å². The first kappa shape index (κ1) is 11.0. The summed E-state index contributed by atoms with van der Waals surface area (Å²) in [6.07, 6.45) is 1.83. The highest BCUT2D eigenvalue weighted by Crippen LogP contribution is 2.12. The number of hydrogen-bond donors (Lipinski definition) is 1. The highest BCUT2D eigenvalue weighted by Gasteiger charge is 1.95. The van der Waals surface area contributed by atoms with Gasteiger partial charge in [-0.05, 0) is 36.8 Å². The standard InChI is InChI=1S/C13H13ClN2/c1-10-5-6-13(9-15-10)16-8-11-3-2-4-12(14)7-11/h2-7,9,16H,8H2,1H3. The molecule has 0 fully saturated rings. The van der Waals surface area contributed by atoms with E-state index in [1.165, 1.54) is 0 Å². The van der Waals surface area contributed by atoms with E-state index in [-0.39, 0.29) is 0 Å².